The van der Waals surface area contributed by atoms with E-state index in [1.807, 2.05) is 30.5 Å². The zero-order valence-electron chi connectivity index (χ0n) is 19.5. The zero-order chi connectivity index (χ0) is 23.8. The third-order valence-corrected chi connectivity index (χ3v) is 8.06. The highest BCUT2D eigenvalue weighted by molar-refractivity contribution is 7.18. The van der Waals surface area contributed by atoms with Crippen molar-refractivity contribution in [2.24, 2.45) is 0 Å². The average Bonchev–Trinajstić information content (AvgIpc) is 3.28. The van der Waals surface area contributed by atoms with Crippen molar-refractivity contribution in [3.05, 3.63) is 99.2 Å². The van der Waals surface area contributed by atoms with Crippen molar-refractivity contribution in [2.45, 2.75) is 38.4 Å². The number of hydrogen-bond acceptors (Lipinski definition) is 6. The molecular formula is C28H26N4O2S. The largest absolute Gasteiger partial charge is 0.496 e. The van der Waals surface area contributed by atoms with Gasteiger partial charge >= 0.3 is 0 Å². The van der Waals surface area contributed by atoms with E-state index in [-0.39, 0.29) is 5.56 Å². The molecule has 1 unspecified atom stereocenters. The average molecular weight is 483 g/mol. The summed E-state index contributed by atoms with van der Waals surface area (Å²) < 4.78 is 7.38. The molecule has 1 aliphatic rings. The van der Waals surface area contributed by atoms with Crippen LogP contribution in [-0.2, 0) is 25.9 Å². The van der Waals surface area contributed by atoms with Gasteiger partial charge in [0.05, 0.1) is 25.4 Å². The standard InChI is InChI=1S/C28H26N4O2S/c1-34-24-11-8-19-6-2-3-7-21(19)23(24)16-32-17-31-27-26(28(32)33)22-10-9-20(13-25(22)35-27)30-15-18-5-4-12-29-14-18/h2-8,11-12,14,17,20,30H,9-10,13,15-16H2,1H3. The second kappa shape index (κ2) is 9.24. The Balaban J connectivity index is 1.31. The summed E-state index contributed by atoms with van der Waals surface area (Å²) in [4.78, 5) is 24.7. The van der Waals surface area contributed by atoms with Crippen LogP contribution in [0.15, 0.2) is 72.0 Å². The molecular weight excluding hydrogens is 456 g/mol. The molecule has 0 saturated heterocycles. The monoisotopic (exact) mass is 482 g/mol. The number of nitrogens with one attached hydrogen (secondary N) is 1. The fourth-order valence-corrected chi connectivity index (χ4v) is 6.35. The van der Waals surface area contributed by atoms with Gasteiger partial charge < -0.3 is 10.1 Å². The highest BCUT2D eigenvalue weighted by Crippen LogP contribution is 2.34. The van der Waals surface area contributed by atoms with Crippen LogP contribution < -0.4 is 15.6 Å². The maximum atomic E-state index is 13.7. The molecule has 0 spiro atoms. The van der Waals surface area contributed by atoms with E-state index in [1.54, 1.807) is 35.5 Å². The Hall–Kier alpha value is -3.55. The second-order valence-electron chi connectivity index (χ2n) is 9.01. The van der Waals surface area contributed by atoms with Gasteiger partial charge in [-0.3, -0.25) is 14.3 Å². The molecule has 1 aliphatic carbocycles. The van der Waals surface area contributed by atoms with Gasteiger partial charge in [0.25, 0.3) is 5.56 Å². The molecule has 2 aromatic carbocycles. The summed E-state index contributed by atoms with van der Waals surface area (Å²) in [6.45, 7) is 1.23. The number of fused-ring (bicyclic) bond motifs is 4. The molecule has 5 aromatic rings. The number of ether oxygens (including phenoxy) is 1. The number of hydrogen-bond donors (Lipinski definition) is 1. The number of methoxy groups -OCH3 is 1. The summed E-state index contributed by atoms with van der Waals surface area (Å²) in [6.07, 6.45) is 8.20. The first-order valence-corrected chi connectivity index (χ1v) is 12.7. The van der Waals surface area contributed by atoms with E-state index in [1.165, 1.54) is 16.0 Å². The summed E-state index contributed by atoms with van der Waals surface area (Å²) in [6, 6.07) is 16.7. The number of aromatic nitrogens is 3. The van der Waals surface area contributed by atoms with Crippen LogP contribution in [0.1, 0.15) is 28.0 Å². The summed E-state index contributed by atoms with van der Waals surface area (Å²) in [7, 11) is 1.67. The van der Waals surface area contributed by atoms with Gasteiger partial charge in [0.15, 0.2) is 0 Å². The molecule has 0 amide bonds. The summed E-state index contributed by atoms with van der Waals surface area (Å²) in [5.41, 5.74) is 3.39. The maximum Gasteiger partial charge on any atom is 0.262 e. The van der Waals surface area contributed by atoms with Crippen LogP contribution in [0.25, 0.3) is 21.0 Å². The normalized spacial score (nSPS) is 15.4. The van der Waals surface area contributed by atoms with E-state index >= 15 is 0 Å². The lowest BCUT2D eigenvalue weighted by Gasteiger charge is -2.23. The first kappa shape index (κ1) is 21.9. The number of aryl methyl sites for hydroxylation is 1. The Morgan fingerprint density at radius 2 is 2.09 bits per heavy atom. The number of thiophene rings is 1. The van der Waals surface area contributed by atoms with Crippen molar-refractivity contribution in [2.75, 3.05) is 7.11 Å². The highest BCUT2D eigenvalue weighted by Gasteiger charge is 2.25. The van der Waals surface area contributed by atoms with E-state index in [0.29, 0.717) is 12.6 Å². The van der Waals surface area contributed by atoms with Crippen LogP contribution in [0.2, 0.25) is 0 Å². The van der Waals surface area contributed by atoms with Crippen molar-refractivity contribution in [3.8, 4) is 5.75 Å². The number of nitrogens with zero attached hydrogens (tertiary/aromatic N) is 3. The first-order valence-electron chi connectivity index (χ1n) is 11.9. The van der Waals surface area contributed by atoms with E-state index in [4.69, 9.17) is 9.72 Å². The van der Waals surface area contributed by atoms with Gasteiger partial charge in [-0.1, -0.05) is 36.4 Å². The molecule has 1 N–H and O–H groups in total. The molecule has 3 aromatic heterocycles. The minimum Gasteiger partial charge on any atom is -0.496 e. The lowest BCUT2D eigenvalue weighted by molar-refractivity contribution is 0.409. The lowest BCUT2D eigenvalue weighted by Crippen LogP contribution is -2.33. The quantitative estimate of drug-likeness (QED) is 0.380. The minimum absolute atomic E-state index is 0.0317. The maximum absolute atomic E-state index is 13.7. The van der Waals surface area contributed by atoms with Gasteiger partial charge in [-0.25, -0.2) is 4.98 Å². The van der Waals surface area contributed by atoms with Crippen LogP contribution in [0, 0.1) is 0 Å². The topological polar surface area (TPSA) is 69.0 Å². The predicted octanol–water partition coefficient (Wildman–Crippen LogP) is 4.71. The molecule has 35 heavy (non-hydrogen) atoms. The minimum atomic E-state index is 0.0317. The number of pyridine rings is 1. The molecule has 0 radical (unpaired) electrons. The molecule has 176 valence electrons. The van der Waals surface area contributed by atoms with Crippen molar-refractivity contribution in [3.63, 3.8) is 0 Å². The van der Waals surface area contributed by atoms with E-state index in [9.17, 15) is 4.79 Å². The van der Waals surface area contributed by atoms with Crippen molar-refractivity contribution in [1.82, 2.24) is 19.9 Å². The van der Waals surface area contributed by atoms with Crippen molar-refractivity contribution in [1.29, 1.82) is 0 Å². The molecule has 1 atom stereocenters. The van der Waals surface area contributed by atoms with Crippen molar-refractivity contribution < 1.29 is 4.74 Å². The third kappa shape index (κ3) is 4.11. The van der Waals surface area contributed by atoms with Crippen LogP contribution in [0.3, 0.4) is 0 Å². The molecule has 6 nitrogen and oxygen atoms in total. The van der Waals surface area contributed by atoms with Gasteiger partial charge in [-0.05, 0) is 53.3 Å². The van der Waals surface area contributed by atoms with E-state index in [2.05, 4.69) is 34.6 Å². The fraction of sp³-hybridized carbons (Fsp3) is 0.250. The Kier molecular flexibility index (Phi) is 5.80. The third-order valence-electron chi connectivity index (χ3n) is 6.90. The molecule has 3 heterocycles. The van der Waals surface area contributed by atoms with Crippen molar-refractivity contribution >= 4 is 32.3 Å². The fourth-order valence-electron chi connectivity index (χ4n) is 5.09. The van der Waals surface area contributed by atoms with Crippen LogP contribution >= 0.6 is 11.3 Å². The van der Waals surface area contributed by atoms with Crippen LogP contribution in [-0.4, -0.2) is 27.7 Å². The Morgan fingerprint density at radius 3 is 2.94 bits per heavy atom. The molecule has 7 heteroatoms. The van der Waals surface area contributed by atoms with E-state index in [0.717, 1.165) is 58.1 Å². The van der Waals surface area contributed by atoms with Crippen LogP contribution in [0.5, 0.6) is 5.75 Å². The lowest BCUT2D eigenvalue weighted by atomic mass is 9.93. The van der Waals surface area contributed by atoms with E-state index < -0.39 is 0 Å². The SMILES string of the molecule is COc1ccc2ccccc2c1Cn1cnc2sc3c(c2c1=O)CCC(NCc1cccnc1)C3. The Labute approximate surface area is 207 Å². The zero-order valence-corrected chi connectivity index (χ0v) is 20.3. The van der Waals surface area contributed by atoms with Gasteiger partial charge in [0.2, 0.25) is 0 Å². The smallest absolute Gasteiger partial charge is 0.262 e. The first-order chi connectivity index (χ1) is 17.2. The van der Waals surface area contributed by atoms with Crippen LogP contribution in [0.4, 0.5) is 0 Å². The summed E-state index contributed by atoms with van der Waals surface area (Å²) >= 11 is 1.66. The molecule has 0 bridgehead atoms. The van der Waals surface area contributed by atoms with Gasteiger partial charge in [-0.15, -0.1) is 11.3 Å². The molecule has 0 aliphatic heterocycles. The van der Waals surface area contributed by atoms with Gasteiger partial charge in [0, 0.05) is 35.4 Å². The predicted molar refractivity (Wildman–Crippen MR) is 140 cm³/mol. The number of rotatable bonds is 6. The molecule has 0 saturated carbocycles. The van der Waals surface area contributed by atoms with Gasteiger partial charge in [-0.2, -0.15) is 0 Å². The summed E-state index contributed by atoms with van der Waals surface area (Å²) in [5.74, 6) is 0.783. The van der Waals surface area contributed by atoms with Gasteiger partial charge in [0.1, 0.15) is 10.6 Å². The second-order valence-corrected chi connectivity index (χ2v) is 10.1. The summed E-state index contributed by atoms with van der Waals surface area (Å²) in [5, 5.41) is 6.67. The number of benzene rings is 2. The molecule has 6 rings (SSSR count). The molecule has 0 fully saturated rings. The highest BCUT2D eigenvalue weighted by atomic mass is 32.1. The Morgan fingerprint density at radius 1 is 1.17 bits per heavy atom. The Bertz CT molecular complexity index is 1580.